The Morgan fingerprint density at radius 1 is 1.12 bits per heavy atom. The van der Waals surface area contributed by atoms with Crippen LogP contribution in [0.15, 0.2) is 42.5 Å². The summed E-state index contributed by atoms with van der Waals surface area (Å²) in [6.07, 6.45) is 0. The molecule has 2 rings (SSSR count). The van der Waals surface area contributed by atoms with Crippen LogP contribution in [0.5, 0.6) is 5.75 Å². The normalized spacial score (nSPS) is 11.1. The summed E-state index contributed by atoms with van der Waals surface area (Å²) in [5, 5.41) is 0.590. The summed E-state index contributed by atoms with van der Waals surface area (Å²) >= 11 is 22.6. The number of alkyl halides is 3. The van der Waals surface area contributed by atoms with Crippen LogP contribution in [-0.2, 0) is 0 Å². The highest BCUT2D eigenvalue weighted by Crippen LogP contribution is 2.36. The van der Waals surface area contributed by atoms with Crippen LogP contribution in [-0.4, -0.2) is 17.1 Å². The molecule has 2 aromatic rings. The third kappa shape index (κ3) is 5.72. The summed E-state index contributed by atoms with van der Waals surface area (Å²) in [6, 6.07) is 10.6. The molecule has 0 aliphatic heterocycles. The average Bonchev–Trinajstić information content (AvgIpc) is 2.56. The van der Waals surface area contributed by atoms with E-state index in [1.54, 1.807) is 36.4 Å². The van der Waals surface area contributed by atoms with Gasteiger partial charge in [0.25, 0.3) is 0 Å². The lowest BCUT2D eigenvalue weighted by Crippen LogP contribution is -2.34. The Labute approximate surface area is 168 Å². The van der Waals surface area contributed by atoms with E-state index in [9.17, 15) is 9.18 Å². The van der Waals surface area contributed by atoms with Crippen molar-refractivity contribution < 1.29 is 13.9 Å². The maximum Gasteiger partial charge on any atom is 0.336 e. The van der Waals surface area contributed by atoms with Gasteiger partial charge in [0.15, 0.2) is 0 Å². The van der Waals surface area contributed by atoms with Gasteiger partial charge in [-0.2, -0.15) is 4.39 Å². The molecule has 0 saturated heterocycles. The van der Waals surface area contributed by atoms with Gasteiger partial charge >= 0.3 is 9.95 Å². The zero-order chi connectivity index (χ0) is 18.6. The molecule has 0 unspecified atom stereocenters. The number of methoxy groups -OCH3 is 1. The molecule has 0 heterocycles. The van der Waals surface area contributed by atoms with Gasteiger partial charge in [-0.25, -0.2) is 4.79 Å². The van der Waals surface area contributed by atoms with E-state index in [2.05, 4.69) is 4.72 Å². The Bertz CT molecular complexity index is 756. The number of hydrogen-bond acceptors (Lipinski definition) is 3. The molecular weight excluding hydrogens is 433 g/mol. The summed E-state index contributed by atoms with van der Waals surface area (Å²) in [4.78, 5) is 13.8. The number of nitrogens with one attached hydrogen (secondary N) is 1. The standard InChI is InChI=1S/C15H11Cl4FN2O2S/c1-24-11-5-2-9(3-6-11)22(14(23)21-25-15(18,19)20)10-4-7-12(16)13(17)8-10/h2-8H,1H3,(H,21,23). The molecule has 2 aromatic carbocycles. The molecule has 4 nitrogen and oxygen atoms in total. The molecule has 0 aliphatic carbocycles. The highest BCUT2D eigenvalue weighted by molar-refractivity contribution is 8.01. The molecule has 0 aromatic heterocycles. The van der Waals surface area contributed by atoms with E-state index < -0.39 is 9.95 Å². The molecule has 1 N–H and O–H groups in total. The SMILES string of the molecule is COc1ccc(N(C(=O)NSC(F)(Cl)Cl)c2ccc(Cl)c(Cl)c2)cc1. The van der Waals surface area contributed by atoms with Gasteiger partial charge in [-0.15, -0.1) is 0 Å². The second kappa shape index (κ2) is 8.56. The van der Waals surface area contributed by atoms with Gasteiger partial charge in [-0.05, 0) is 42.5 Å². The summed E-state index contributed by atoms with van der Waals surface area (Å²) in [5.74, 6) is 0.608. The second-order valence-corrected chi connectivity index (χ2v) is 8.06. The molecule has 10 heteroatoms. The van der Waals surface area contributed by atoms with E-state index in [-0.39, 0.29) is 17.0 Å². The van der Waals surface area contributed by atoms with Crippen molar-refractivity contribution in [1.29, 1.82) is 0 Å². The van der Waals surface area contributed by atoms with Crippen LogP contribution >= 0.6 is 58.4 Å². The van der Waals surface area contributed by atoms with Crippen LogP contribution in [0.1, 0.15) is 0 Å². The summed E-state index contributed by atoms with van der Waals surface area (Å²) < 4.78 is 17.9. The number of amides is 2. The summed E-state index contributed by atoms with van der Waals surface area (Å²) in [5.41, 5.74) is 0.886. The van der Waals surface area contributed by atoms with Gasteiger partial charge in [0, 0.05) is 11.9 Å². The molecule has 0 saturated carbocycles. The fourth-order valence-electron chi connectivity index (χ4n) is 1.89. The van der Waals surface area contributed by atoms with Crippen molar-refractivity contribution in [2.75, 3.05) is 12.0 Å². The molecule has 2 amide bonds. The number of ether oxygens (including phenoxy) is 1. The minimum atomic E-state index is -2.67. The smallest absolute Gasteiger partial charge is 0.336 e. The minimum Gasteiger partial charge on any atom is -0.497 e. The fourth-order valence-corrected chi connectivity index (χ4v) is 2.70. The minimum absolute atomic E-state index is 0.214. The van der Waals surface area contributed by atoms with Gasteiger partial charge in [0.1, 0.15) is 5.75 Å². The number of carbonyl (C=O) groups is 1. The Morgan fingerprint density at radius 2 is 1.72 bits per heavy atom. The van der Waals surface area contributed by atoms with Crippen LogP contribution in [0.2, 0.25) is 10.0 Å². The predicted molar refractivity (Wildman–Crippen MR) is 103 cm³/mol. The van der Waals surface area contributed by atoms with Gasteiger partial charge in [-0.1, -0.05) is 46.4 Å². The monoisotopic (exact) mass is 442 g/mol. The van der Waals surface area contributed by atoms with Crippen molar-refractivity contribution in [3.05, 3.63) is 52.5 Å². The lowest BCUT2D eigenvalue weighted by atomic mass is 10.2. The largest absolute Gasteiger partial charge is 0.497 e. The van der Waals surface area contributed by atoms with Crippen LogP contribution in [0.4, 0.5) is 20.6 Å². The van der Waals surface area contributed by atoms with Gasteiger partial charge in [-0.3, -0.25) is 9.62 Å². The lowest BCUT2D eigenvalue weighted by Gasteiger charge is -2.24. The molecule has 0 fully saturated rings. The average molecular weight is 444 g/mol. The van der Waals surface area contributed by atoms with E-state index in [4.69, 9.17) is 51.1 Å². The molecule has 0 radical (unpaired) electrons. The summed E-state index contributed by atoms with van der Waals surface area (Å²) in [7, 11) is 1.52. The first-order valence-electron chi connectivity index (χ1n) is 6.65. The van der Waals surface area contributed by atoms with Crippen molar-refractivity contribution in [3.8, 4) is 5.75 Å². The van der Waals surface area contributed by atoms with Crippen LogP contribution < -0.4 is 14.4 Å². The van der Waals surface area contributed by atoms with Crippen LogP contribution in [0, 0.1) is 0 Å². The number of urea groups is 1. The molecule has 0 atom stereocenters. The lowest BCUT2D eigenvalue weighted by molar-refractivity contribution is 0.253. The Balaban J connectivity index is 2.39. The molecule has 25 heavy (non-hydrogen) atoms. The number of carbonyl (C=O) groups excluding carboxylic acids is 1. The van der Waals surface area contributed by atoms with E-state index in [1.807, 2.05) is 0 Å². The van der Waals surface area contributed by atoms with E-state index in [0.29, 0.717) is 22.1 Å². The number of benzene rings is 2. The number of hydrogen-bond donors (Lipinski definition) is 1. The molecular formula is C15H11Cl4FN2O2S. The third-order valence-electron chi connectivity index (χ3n) is 2.95. The fraction of sp³-hybridized carbons (Fsp3) is 0.133. The van der Waals surface area contributed by atoms with Gasteiger partial charge < -0.3 is 4.74 Å². The highest BCUT2D eigenvalue weighted by atomic mass is 35.5. The Hall–Kier alpha value is -1.05. The number of anilines is 2. The number of nitrogens with zero attached hydrogens (tertiary/aromatic N) is 1. The number of halogens is 5. The first-order chi connectivity index (χ1) is 11.7. The summed E-state index contributed by atoms with van der Waals surface area (Å²) in [6.45, 7) is 0. The van der Waals surface area contributed by atoms with Crippen molar-refractivity contribution in [2.24, 2.45) is 0 Å². The molecule has 0 aliphatic rings. The second-order valence-electron chi connectivity index (χ2n) is 4.59. The van der Waals surface area contributed by atoms with Crippen molar-refractivity contribution in [3.63, 3.8) is 0 Å². The topological polar surface area (TPSA) is 41.6 Å². The highest BCUT2D eigenvalue weighted by Gasteiger charge is 2.27. The van der Waals surface area contributed by atoms with E-state index in [1.165, 1.54) is 18.1 Å². The van der Waals surface area contributed by atoms with Crippen LogP contribution in [0.3, 0.4) is 0 Å². The predicted octanol–water partition coefficient (Wildman–Crippen LogP) is 6.56. The first-order valence-corrected chi connectivity index (χ1v) is 8.98. The maximum absolute atomic E-state index is 13.2. The zero-order valence-corrected chi connectivity index (χ0v) is 16.4. The van der Waals surface area contributed by atoms with Crippen LogP contribution in [0.25, 0.3) is 0 Å². The molecule has 134 valence electrons. The first kappa shape index (κ1) is 20.3. The maximum atomic E-state index is 13.2. The van der Waals surface area contributed by atoms with Gasteiger partial charge in [0.05, 0.1) is 28.5 Å². The van der Waals surface area contributed by atoms with E-state index in [0.717, 1.165) is 0 Å². The number of rotatable bonds is 5. The van der Waals surface area contributed by atoms with Gasteiger partial charge in [0.2, 0.25) is 0 Å². The zero-order valence-electron chi connectivity index (χ0n) is 12.6. The Kier molecular flexibility index (Phi) is 6.93. The van der Waals surface area contributed by atoms with E-state index >= 15 is 0 Å². The quantitative estimate of drug-likeness (QED) is 0.420. The van der Waals surface area contributed by atoms with Crippen molar-refractivity contribution >= 4 is 75.8 Å². The molecule has 0 bridgehead atoms. The third-order valence-corrected chi connectivity index (χ3v) is 4.66. The Morgan fingerprint density at radius 3 is 2.24 bits per heavy atom. The van der Waals surface area contributed by atoms with Crippen molar-refractivity contribution in [2.45, 2.75) is 3.92 Å². The molecule has 0 spiro atoms. The van der Waals surface area contributed by atoms with Crippen molar-refractivity contribution in [1.82, 2.24) is 4.72 Å².